The van der Waals surface area contributed by atoms with Gasteiger partial charge in [-0.05, 0) is 29.8 Å². The number of benzene rings is 2. The maximum atomic E-state index is 11.2. The van der Waals surface area contributed by atoms with Crippen molar-refractivity contribution in [3.8, 4) is 5.75 Å². The van der Waals surface area contributed by atoms with Crippen LogP contribution in [0.1, 0.15) is 15.9 Å². The van der Waals surface area contributed by atoms with E-state index < -0.39 is 5.91 Å². The van der Waals surface area contributed by atoms with E-state index >= 15 is 0 Å². The van der Waals surface area contributed by atoms with E-state index in [-0.39, 0.29) is 0 Å². The van der Waals surface area contributed by atoms with Crippen molar-refractivity contribution in [2.75, 3.05) is 5.73 Å². The second-order valence-corrected chi connectivity index (χ2v) is 3.89. The Kier molecular flexibility index (Phi) is 3.48. The van der Waals surface area contributed by atoms with Crippen LogP contribution in [0.3, 0.4) is 0 Å². The molecule has 0 heterocycles. The molecule has 1 amide bonds. The Morgan fingerprint density at radius 2 is 1.89 bits per heavy atom. The zero-order valence-electron chi connectivity index (χ0n) is 9.80. The molecule has 4 N–H and O–H groups in total. The fourth-order valence-electron chi connectivity index (χ4n) is 1.64. The zero-order chi connectivity index (χ0) is 13.0. The first kappa shape index (κ1) is 12.0. The Morgan fingerprint density at radius 3 is 2.61 bits per heavy atom. The van der Waals surface area contributed by atoms with E-state index in [9.17, 15) is 4.79 Å². The van der Waals surface area contributed by atoms with E-state index in [1.807, 2.05) is 18.2 Å². The average Bonchev–Trinajstić information content (AvgIpc) is 2.37. The quantitative estimate of drug-likeness (QED) is 0.804. The van der Waals surface area contributed by atoms with Gasteiger partial charge < -0.3 is 16.2 Å². The largest absolute Gasteiger partial charge is 0.488 e. The lowest BCUT2D eigenvalue weighted by molar-refractivity contribution is 0.0996. The van der Waals surface area contributed by atoms with Crippen molar-refractivity contribution in [2.45, 2.75) is 6.61 Å². The number of para-hydroxylation sites is 1. The SMILES string of the molecule is NC(=O)c1ccccc1OCc1cccc(N)c1. The van der Waals surface area contributed by atoms with Crippen LogP contribution in [-0.4, -0.2) is 5.91 Å². The Labute approximate surface area is 105 Å². The molecule has 18 heavy (non-hydrogen) atoms. The van der Waals surface area contributed by atoms with Crippen molar-refractivity contribution in [3.63, 3.8) is 0 Å². The fourth-order valence-corrected chi connectivity index (χ4v) is 1.64. The molecule has 0 aromatic heterocycles. The molecule has 92 valence electrons. The summed E-state index contributed by atoms with van der Waals surface area (Å²) in [4.78, 5) is 11.2. The lowest BCUT2D eigenvalue weighted by Gasteiger charge is -2.09. The van der Waals surface area contributed by atoms with Crippen molar-refractivity contribution >= 4 is 11.6 Å². The second-order valence-electron chi connectivity index (χ2n) is 3.89. The monoisotopic (exact) mass is 242 g/mol. The third-order valence-corrected chi connectivity index (χ3v) is 2.50. The van der Waals surface area contributed by atoms with Crippen molar-refractivity contribution in [2.24, 2.45) is 5.73 Å². The van der Waals surface area contributed by atoms with Crippen LogP contribution in [0.2, 0.25) is 0 Å². The van der Waals surface area contributed by atoms with E-state index in [4.69, 9.17) is 16.2 Å². The van der Waals surface area contributed by atoms with Crippen molar-refractivity contribution < 1.29 is 9.53 Å². The maximum Gasteiger partial charge on any atom is 0.252 e. The van der Waals surface area contributed by atoms with Crippen LogP contribution in [0.15, 0.2) is 48.5 Å². The highest BCUT2D eigenvalue weighted by molar-refractivity contribution is 5.95. The molecule has 4 heteroatoms. The number of rotatable bonds is 4. The van der Waals surface area contributed by atoms with Gasteiger partial charge in [0, 0.05) is 5.69 Å². The van der Waals surface area contributed by atoms with Crippen LogP contribution in [0, 0.1) is 0 Å². The number of hydrogen-bond acceptors (Lipinski definition) is 3. The van der Waals surface area contributed by atoms with Gasteiger partial charge >= 0.3 is 0 Å². The smallest absolute Gasteiger partial charge is 0.252 e. The van der Waals surface area contributed by atoms with Crippen LogP contribution in [0.4, 0.5) is 5.69 Å². The van der Waals surface area contributed by atoms with Crippen LogP contribution < -0.4 is 16.2 Å². The second kappa shape index (κ2) is 5.23. The van der Waals surface area contributed by atoms with Crippen LogP contribution >= 0.6 is 0 Å². The van der Waals surface area contributed by atoms with Gasteiger partial charge in [-0.2, -0.15) is 0 Å². The number of amides is 1. The summed E-state index contributed by atoms with van der Waals surface area (Å²) in [6.45, 7) is 0.343. The van der Waals surface area contributed by atoms with Crippen LogP contribution in [-0.2, 0) is 6.61 Å². The molecule has 0 saturated heterocycles. The van der Waals surface area contributed by atoms with Gasteiger partial charge in [0.25, 0.3) is 5.91 Å². The molecule has 0 aliphatic carbocycles. The predicted molar refractivity (Wildman–Crippen MR) is 70.1 cm³/mol. The highest BCUT2D eigenvalue weighted by atomic mass is 16.5. The summed E-state index contributed by atoms with van der Waals surface area (Å²) in [5, 5.41) is 0. The molecule has 0 aliphatic heterocycles. The number of hydrogen-bond donors (Lipinski definition) is 2. The summed E-state index contributed by atoms with van der Waals surface area (Å²) in [7, 11) is 0. The summed E-state index contributed by atoms with van der Waals surface area (Å²) in [6, 6.07) is 14.3. The molecule has 0 saturated carbocycles. The Balaban J connectivity index is 2.13. The molecule has 0 fully saturated rings. The number of nitrogens with two attached hydrogens (primary N) is 2. The lowest BCUT2D eigenvalue weighted by atomic mass is 10.2. The van der Waals surface area contributed by atoms with E-state index in [0.717, 1.165) is 5.56 Å². The first-order valence-electron chi connectivity index (χ1n) is 5.53. The van der Waals surface area contributed by atoms with Crippen molar-refractivity contribution in [3.05, 3.63) is 59.7 Å². The summed E-state index contributed by atoms with van der Waals surface area (Å²) in [5.74, 6) is -0.0226. The molecule has 2 rings (SSSR count). The molecule has 0 unspecified atom stereocenters. The lowest BCUT2D eigenvalue weighted by Crippen LogP contribution is -2.12. The number of carbonyl (C=O) groups excluding carboxylic acids is 1. The molecule has 0 spiro atoms. The Bertz CT molecular complexity index is 567. The number of ether oxygens (including phenoxy) is 1. The molecule has 0 radical (unpaired) electrons. The Hall–Kier alpha value is -2.49. The van der Waals surface area contributed by atoms with E-state index in [2.05, 4.69) is 0 Å². The van der Waals surface area contributed by atoms with Crippen molar-refractivity contribution in [1.82, 2.24) is 0 Å². The topological polar surface area (TPSA) is 78.3 Å². The molecule has 0 atom stereocenters. The Morgan fingerprint density at radius 1 is 1.11 bits per heavy atom. The average molecular weight is 242 g/mol. The predicted octanol–water partition coefficient (Wildman–Crippen LogP) is 1.95. The number of anilines is 1. The van der Waals surface area contributed by atoms with Crippen molar-refractivity contribution in [1.29, 1.82) is 0 Å². The first-order chi connectivity index (χ1) is 8.66. The number of nitrogen functional groups attached to an aromatic ring is 1. The van der Waals surface area contributed by atoms with Gasteiger partial charge in [0.1, 0.15) is 12.4 Å². The minimum atomic E-state index is -0.502. The minimum Gasteiger partial charge on any atom is -0.488 e. The van der Waals surface area contributed by atoms with Gasteiger partial charge in [0.2, 0.25) is 0 Å². The summed E-state index contributed by atoms with van der Waals surface area (Å²) < 4.78 is 5.58. The first-order valence-corrected chi connectivity index (χ1v) is 5.53. The highest BCUT2D eigenvalue weighted by Gasteiger charge is 2.08. The van der Waals surface area contributed by atoms with Gasteiger partial charge in [-0.1, -0.05) is 24.3 Å². The zero-order valence-corrected chi connectivity index (χ0v) is 9.80. The molecule has 4 nitrogen and oxygen atoms in total. The fraction of sp³-hybridized carbons (Fsp3) is 0.0714. The highest BCUT2D eigenvalue weighted by Crippen LogP contribution is 2.19. The normalized spacial score (nSPS) is 10.0. The van der Waals surface area contributed by atoms with Crippen LogP contribution in [0.25, 0.3) is 0 Å². The van der Waals surface area contributed by atoms with Gasteiger partial charge in [-0.3, -0.25) is 4.79 Å². The molecule has 0 aliphatic rings. The molecular formula is C14H14N2O2. The minimum absolute atomic E-state index is 0.343. The maximum absolute atomic E-state index is 11.2. The summed E-state index contributed by atoms with van der Waals surface area (Å²) in [6.07, 6.45) is 0. The number of primary amides is 1. The van der Waals surface area contributed by atoms with Gasteiger partial charge in [-0.15, -0.1) is 0 Å². The summed E-state index contributed by atoms with van der Waals surface area (Å²) >= 11 is 0. The molecule has 2 aromatic carbocycles. The third kappa shape index (κ3) is 2.79. The van der Waals surface area contributed by atoms with Crippen LogP contribution in [0.5, 0.6) is 5.75 Å². The third-order valence-electron chi connectivity index (χ3n) is 2.50. The van der Waals surface area contributed by atoms with E-state index in [0.29, 0.717) is 23.6 Å². The molecule has 0 bridgehead atoms. The standard InChI is InChI=1S/C14H14N2O2/c15-11-5-3-4-10(8-11)9-18-13-7-2-1-6-12(13)14(16)17/h1-8H,9,15H2,(H2,16,17). The molecular weight excluding hydrogens is 228 g/mol. The van der Waals surface area contributed by atoms with Gasteiger partial charge in [0.05, 0.1) is 5.56 Å². The van der Waals surface area contributed by atoms with E-state index in [1.165, 1.54) is 0 Å². The summed E-state index contributed by atoms with van der Waals surface area (Å²) in [5.41, 5.74) is 12.9. The molecule has 2 aromatic rings. The van der Waals surface area contributed by atoms with E-state index in [1.54, 1.807) is 30.3 Å². The van der Waals surface area contributed by atoms with Gasteiger partial charge in [-0.25, -0.2) is 0 Å². The number of carbonyl (C=O) groups is 1. The van der Waals surface area contributed by atoms with Gasteiger partial charge in [0.15, 0.2) is 0 Å².